The van der Waals surface area contributed by atoms with Crippen molar-refractivity contribution in [2.24, 2.45) is 18.9 Å². The zero-order valence-corrected chi connectivity index (χ0v) is 13.7. The number of allylic oxidation sites excluding steroid dienone is 1. The summed E-state index contributed by atoms with van der Waals surface area (Å²) in [7, 11) is 1.87. The van der Waals surface area contributed by atoms with Crippen LogP contribution in [0, 0.1) is 11.8 Å². The molecule has 0 radical (unpaired) electrons. The van der Waals surface area contributed by atoms with Gasteiger partial charge in [0.1, 0.15) is 0 Å². The molecule has 22 heavy (non-hydrogen) atoms. The van der Waals surface area contributed by atoms with E-state index in [1.165, 1.54) is 18.4 Å². The lowest BCUT2D eigenvalue weighted by molar-refractivity contribution is -0.118. The molecule has 1 fully saturated rings. The monoisotopic (exact) mass is 302 g/mol. The van der Waals surface area contributed by atoms with Gasteiger partial charge in [0, 0.05) is 26.3 Å². The second-order valence-corrected chi connectivity index (χ2v) is 6.72. The van der Waals surface area contributed by atoms with Gasteiger partial charge in [-0.15, -0.1) is 0 Å². The molecule has 120 valence electrons. The van der Waals surface area contributed by atoms with Crippen molar-refractivity contribution in [3.8, 4) is 0 Å². The summed E-state index contributed by atoms with van der Waals surface area (Å²) in [4.78, 5) is 14.4. The predicted octanol–water partition coefficient (Wildman–Crippen LogP) is 2.11. The van der Waals surface area contributed by atoms with Crippen LogP contribution >= 0.6 is 0 Å². The highest BCUT2D eigenvalue weighted by atomic mass is 16.2. The zero-order valence-electron chi connectivity index (χ0n) is 13.7. The summed E-state index contributed by atoms with van der Waals surface area (Å²) in [6, 6.07) is -0.0536. The highest BCUT2D eigenvalue weighted by Crippen LogP contribution is 2.30. The van der Waals surface area contributed by atoms with Crippen LogP contribution in [0.15, 0.2) is 24.0 Å². The van der Waals surface area contributed by atoms with Crippen LogP contribution in [0.4, 0.5) is 5.69 Å². The molecule has 1 N–H and O–H groups in total. The number of rotatable bonds is 4. The molecule has 0 aromatic carbocycles. The Balaban J connectivity index is 1.59. The van der Waals surface area contributed by atoms with Gasteiger partial charge in [0.15, 0.2) is 0 Å². The fraction of sp³-hybridized carbons (Fsp3) is 0.647. The molecule has 1 aliphatic carbocycles. The van der Waals surface area contributed by atoms with Crippen LogP contribution in [0.3, 0.4) is 0 Å². The SMILES string of the molecule is CC1=CCC[C@H](C)[C@H]1CN[C@@H]1CCN(c2cnn(C)c2)C1=O. The van der Waals surface area contributed by atoms with Crippen LogP contribution in [0.2, 0.25) is 0 Å². The maximum atomic E-state index is 12.6. The molecule has 5 nitrogen and oxygen atoms in total. The third-order valence-electron chi connectivity index (χ3n) is 5.15. The molecule has 1 amide bonds. The molecule has 1 aliphatic heterocycles. The quantitative estimate of drug-likeness (QED) is 0.867. The summed E-state index contributed by atoms with van der Waals surface area (Å²) in [5.74, 6) is 1.44. The van der Waals surface area contributed by atoms with E-state index in [-0.39, 0.29) is 11.9 Å². The number of hydrogen-bond donors (Lipinski definition) is 1. The van der Waals surface area contributed by atoms with Crippen molar-refractivity contribution in [3.63, 3.8) is 0 Å². The van der Waals surface area contributed by atoms with Crippen molar-refractivity contribution in [1.82, 2.24) is 15.1 Å². The van der Waals surface area contributed by atoms with Gasteiger partial charge in [-0.05, 0) is 38.0 Å². The number of anilines is 1. The Morgan fingerprint density at radius 3 is 2.91 bits per heavy atom. The van der Waals surface area contributed by atoms with E-state index in [1.807, 2.05) is 18.1 Å². The van der Waals surface area contributed by atoms with E-state index >= 15 is 0 Å². The van der Waals surface area contributed by atoms with Crippen molar-refractivity contribution < 1.29 is 4.79 Å². The van der Waals surface area contributed by atoms with Gasteiger partial charge in [0.05, 0.1) is 17.9 Å². The molecular formula is C17H26N4O. The standard InChI is InChI=1S/C17H26N4O/c1-12-5-4-6-13(2)15(12)10-18-16-7-8-21(17(16)22)14-9-19-20(3)11-14/h5,9,11,13,15-16,18H,4,6-8,10H2,1-3H3/t13-,15-,16+/m0/s1. The van der Waals surface area contributed by atoms with E-state index < -0.39 is 0 Å². The maximum absolute atomic E-state index is 12.6. The molecule has 5 heteroatoms. The number of aromatic nitrogens is 2. The molecule has 3 atom stereocenters. The Morgan fingerprint density at radius 2 is 2.23 bits per heavy atom. The lowest BCUT2D eigenvalue weighted by Gasteiger charge is -2.30. The lowest BCUT2D eigenvalue weighted by atomic mass is 9.80. The highest BCUT2D eigenvalue weighted by molar-refractivity contribution is 5.99. The second-order valence-electron chi connectivity index (χ2n) is 6.72. The minimum Gasteiger partial charge on any atom is -0.308 e. The number of nitrogens with zero attached hydrogens (tertiary/aromatic N) is 3. The molecule has 1 aromatic heterocycles. The molecule has 2 aliphatic rings. The number of amides is 1. The lowest BCUT2D eigenvalue weighted by Crippen LogP contribution is -2.42. The van der Waals surface area contributed by atoms with Crippen molar-refractivity contribution in [2.75, 3.05) is 18.0 Å². The Morgan fingerprint density at radius 1 is 1.41 bits per heavy atom. The van der Waals surface area contributed by atoms with Crippen molar-refractivity contribution in [3.05, 3.63) is 24.0 Å². The van der Waals surface area contributed by atoms with Crippen LogP contribution in [0.25, 0.3) is 0 Å². The van der Waals surface area contributed by atoms with E-state index in [1.54, 1.807) is 10.9 Å². The van der Waals surface area contributed by atoms with Crippen molar-refractivity contribution in [1.29, 1.82) is 0 Å². The van der Waals surface area contributed by atoms with Gasteiger partial charge in [-0.2, -0.15) is 5.10 Å². The Kier molecular flexibility index (Phi) is 4.34. The van der Waals surface area contributed by atoms with Gasteiger partial charge < -0.3 is 10.2 Å². The summed E-state index contributed by atoms with van der Waals surface area (Å²) in [5.41, 5.74) is 2.37. The molecule has 0 spiro atoms. The fourth-order valence-corrected chi connectivity index (χ4v) is 3.68. The first-order chi connectivity index (χ1) is 10.6. The Labute approximate surface area is 132 Å². The summed E-state index contributed by atoms with van der Waals surface area (Å²) >= 11 is 0. The maximum Gasteiger partial charge on any atom is 0.244 e. The van der Waals surface area contributed by atoms with Crippen molar-refractivity contribution >= 4 is 11.6 Å². The molecule has 3 rings (SSSR count). The minimum absolute atomic E-state index is 0.0536. The molecular weight excluding hydrogens is 276 g/mol. The molecule has 0 unspecified atom stereocenters. The van der Waals surface area contributed by atoms with E-state index in [4.69, 9.17) is 0 Å². The second kappa shape index (κ2) is 6.24. The molecule has 0 bridgehead atoms. The van der Waals surface area contributed by atoms with Gasteiger partial charge >= 0.3 is 0 Å². The average molecular weight is 302 g/mol. The first kappa shape index (κ1) is 15.3. The molecule has 0 saturated carbocycles. The summed E-state index contributed by atoms with van der Waals surface area (Å²) in [6.45, 7) is 6.22. The number of nitrogens with one attached hydrogen (secondary N) is 1. The average Bonchev–Trinajstić information content (AvgIpc) is 3.05. The molecule has 2 heterocycles. The zero-order chi connectivity index (χ0) is 15.7. The summed E-state index contributed by atoms with van der Waals surface area (Å²) in [5, 5.41) is 7.66. The first-order valence-corrected chi connectivity index (χ1v) is 8.26. The largest absolute Gasteiger partial charge is 0.308 e. The third-order valence-corrected chi connectivity index (χ3v) is 5.15. The van der Waals surface area contributed by atoms with Crippen molar-refractivity contribution in [2.45, 2.75) is 39.2 Å². The number of carbonyl (C=O) groups excluding carboxylic acids is 1. The molecule has 1 aromatic rings. The fourth-order valence-electron chi connectivity index (χ4n) is 3.68. The first-order valence-electron chi connectivity index (χ1n) is 8.26. The molecule has 1 saturated heterocycles. The van der Waals surface area contributed by atoms with Gasteiger partial charge in [-0.1, -0.05) is 18.6 Å². The van der Waals surface area contributed by atoms with Gasteiger partial charge in [0.2, 0.25) is 5.91 Å². The topological polar surface area (TPSA) is 50.2 Å². The van der Waals surface area contributed by atoms with E-state index in [0.29, 0.717) is 11.8 Å². The predicted molar refractivity (Wildman–Crippen MR) is 87.6 cm³/mol. The van der Waals surface area contributed by atoms with Gasteiger partial charge in [0.25, 0.3) is 0 Å². The third kappa shape index (κ3) is 2.95. The Bertz CT molecular complexity index is 577. The summed E-state index contributed by atoms with van der Waals surface area (Å²) in [6.07, 6.45) is 9.33. The van der Waals surface area contributed by atoms with Crippen LogP contribution in [-0.2, 0) is 11.8 Å². The number of carbonyl (C=O) groups is 1. The minimum atomic E-state index is -0.0536. The summed E-state index contributed by atoms with van der Waals surface area (Å²) < 4.78 is 1.74. The van der Waals surface area contributed by atoms with Crippen LogP contribution in [0.5, 0.6) is 0 Å². The van der Waals surface area contributed by atoms with E-state index in [2.05, 4.69) is 30.3 Å². The number of hydrogen-bond acceptors (Lipinski definition) is 3. The van der Waals surface area contributed by atoms with Crippen LogP contribution in [0.1, 0.15) is 33.1 Å². The van der Waals surface area contributed by atoms with Crippen LogP contribution in [-0.4, -0.2) is 34.8 Å². The highest BCUT2D eigenvalue weighted by Gasteiger charge is 2.34. The van der Waals surface area contributed by atoms with E-state index in [0.717, 1.165) is 25.2 Å². The van der Waals surface area contributed by atoms with E-state index in [9.17, 15) is 4.79 Å². The number of aryl methyl sites for hydroxylation is 1. The van der Waals surface area contributed by atoms with Gasteiger partial charge in [-0.25, -0.2) is 0 Å². The normalized spacial score (nSPS) is 29.0. The van der Waals surface area contributed by atoms with Crippen LogP contribution < -0.4 is 10.2 Å². The Hall–Kier alpha value is -1.62. The van der Waals surface area contributed by atoms with Gasteiger partial charge in [-0.3, -0.25) is 9.48 Å². The smallest absolute Gasteiger partial charge is 0.244 e.